The van der Waals surface area contributed by atoms with Crippen molar-refractivity contribution >= 4 is 18.4 Å². The predicted octanol–water partition coefficient (Wildman–Crippen LogP) is 4.29. The molecule has 2 aromatic rings. The lowest BCUT2D eigenvalue weighted by atomic mass is 10.2. The average Bonchev–Trinajstić information content (AvgIpc) is 3.05. The molecule has 0 atom stereocenters. The Balaban J connectivity index is 2.08. The lowest BCUT2D eigenvalue weighted by molar-refractivity contribution is 0.928. The molecule has 0 fully saturated rings. The molecule has 0 bridgehead atoms. The van der Waals surface area contributed by atoms with E-state index in [1.54, 1.807) is 0 Å². The van der Waals surface area contributed by atoms with Crippen molar-refractivity contribution < 1.29 is 0 Å². The van der Waals surface area contributed by atoms with Crippen LogP contribution in [0.5, 0.6) is 0 Å². The van der Waals surface area contributed by atoms with Crippen LogP contribution in [-0.4, -0.2) is 8.07 Å². The molecular weight excluding hydrogens is 280 g/mol. The van der Waals surface area contributed by atoms with Crippen LogP contribution in [0.25, 0.3) is 0 Å². The Morgan fingerprint density at radius 2 is 1.32 bits per heavy atom. The molecule has 3 rings (SSSR count). The summed E-state index contributed by atoms with van der Waals surface area (Å²) in [6.45, 7) is 4.72. The lowest BCUT2D eigenvalue weighted by Crippen LogP contribution is -2.59. The summed E-state index contributed by atoms with van der Waals surface area (Å²) in [6, 6.07) is 22.1. The van der Waals surface area contributed by atoms with Gasteiger partial charge in [0.25, 0.3) is 0 Å². The van der Waals surface area contributed by atoms with Crippen LogP contribution >= 0.6 is 0 Å². The summed E-state index contributed by atoms with van der Waals surface area (Å²) in [5.41, 5.74) is 3.00. The molecule has 1 aliphatic carbocycles. The normalized spacial score (nSPS) is 15.1. The molecule has 0 nitrogen and oxygen atoms in total. The molecule has 0 saturated heterocycles. The van der Waals surface area contributed by atoms with E-state index in [1.807, 2.05) is 0 Å². The Kier molecular flexibility index (Phi) is 4.44. The van der Waals surface area contributed by atoms with Gasteiger partial charge in [0.15, 0.2) is 0 Å². The maximum atomic E-state index is 2.47. The summed E-state index contributed by atoms with van der Waals surface area (Å²) in [5, 5.41) is 2.96. The van der Waals surface area contributed by atoms with Crippen LogP contribution in [0.4, 0.5) is 0 Å². The number of hydrogen-bond donors (Lipinski definition) is 0. The van der Waals surface area contributed by atoms with Gasteiger partial charge in [0.05, 0.1) is 0 Å². The minimum atomic E-state index is -1.89. The molecule has 0 aliphatic heterocycles. The third-order valence-corrected chi connectivity index (χ3v) is 9.08. The van der Waals surface area contributed by atoms with E-state index in [1.165, 1.54) is 34.3 Å². The third kappa shape index (κ3) is 2.73. The third-order valence-electron chi connectivity index (χ3n) is 4.64. The van der Waals surface area contributed by atoms with E-state index in [-0.39, 0.29) is 0 Å². The number of allylic oxidation sites excluding steroid dienone is 4. The molecular formula is C21H23Si. The van der Waals surface area contributed by atoms with Crippen molar-refractivity contribution in [3.05, 3.63) is 90.0 Å². The first-order valence-electron chi connectivity index (χ1n) is 8.12. The van der Waals surface area contributed by atoms with Crippen molar-refractivity contribution in [2.75, 3.05) is 0 Å². The molecule has 0 saturated carbocycles. The van der Waals surface area contributed by atoms with Crippen LogP contribution in [0.1, 0.15) is 19.8 Å². The second-order valence-electron chi connectivity index (χ2n) is 6.11. The first kappa shape index (κ1) is 15.0. The van der Waals surface area contributed by atoms with E-state index < -0.39 is 8.07 Å². The maximum Gasteiger partial charge on any atom is 0.129 e. The number of benzene rings is 2. The van der Waals surface area contributed by atoms with Crippen LogP contribution in [0.15, 0.2) is 84.5 Å². The van der Waals surface area contributed by atoms with Gasteiger partial charge >= 0.3 is 0 Å². The van der Waals surface area contributed by atoms with Crippen LogP contribution in [0, 0.1) is 5.54 Å². The summed E-state index contributed by atoms with van der Waals surface area (Å²) in [7, 11) is -1.89. The predicted molar refractivity (Wildman–Crippen MR) is 99.1 cm³/mol. The van der Waals surface area contributed by atoms with Crippen molar-refractivity contribution in [2.24, 2.45) is 0 Å². The molecule has 22 heavy (non-hydrogen) atoms. The van der Waals surface area contributed by atoms with Gasteiger partial charge in [-0.1, -0.05) is 115 Å². The van der Waals surface area contributed by atoms with Gasteiger partial charge in [-0.2, -0.15) is 0 Å². The van der Waals surface area contributed by atoms with Crippen molar-refractivity contribution in [1.82, 2.24) is 0 Å². The second-order valence-corrected chi connectivity index (χ2v) is 10.1. The first-order valence-corrected chi connectivity index (χ1v) is 10.6. The molecule has 111 valence electrons. The smallest absolute Gasteiger partial charge is 0.0754 e. The lowest BCUT2D eigenvalue weighted by Gasteiger charge is -2.32. The van der Waals surface area contributed by atoms with E-state index in [2.05, 4.69) is 92.4 Å². The van der Waals surface area contributed by atoms with Gasteiger partial charge in [-0.25, -0.2) is 0 Å². The highest BCUT2D eigenvalue weighted by Crippen LogP contribution is 2.29. The molecule has 2 aromatic carbocycles. The average molecular weight is 304 g/mol. The molecule has 0 amide bonds. The molecule has 0 spiro atoms. The Morgan fingerprint density at radius 1 is 0.773 bits per heavy atom. The van der Waals surface area contributed by atoms with Crippen molar-refractivity contribution in [3.63, 3.8) is 0 Å². The second kappa shape index (κ2) is 6.49. The Hall–Kier alpha value is -1.86. The zero-order valence-electron chi connectivity index (χ0n) is 13.4. The van der Waals surface area contributed by atoms with E-state index in [9.17, 15) is 0 Å². The highest BCUT2D eigenvalue weighted by atomic mass is 28.3. The first-order chi connectivity index (χ1) is 10.7. The van der Waals surface area contributed by atoms with E-state index >= 15 is 0 Å². The Morgan fingerprint density at radius 3 is 1.82 bits per heavy atom. The SMILES string of the molecule is CCCC1=C[C]([Si](C)(c2ccccc2)c2ccccc2)C=C1. The van der Waals surface area contributed by atoms with E-state index in [4.69, 9.17) is 0 Å². The molecule has 0 N–H and O–H groups in total. The number of rotatable bonds is 5. The zero-order chi connectivity index (χ0) is 15.4. The van der Waals surface area contributed by atoms with Crippen molar-refractivity contribution in [1.29, 1.82) is 0 Å². The van der Waals surface area contributed by atoms with E-state index in [0.29, 0.717) is 0 Å². The van der Waals surface area contributed by atoms with Gasteiger partial charge < -0.3 is 0 Å². The fraction of sp³-hybridized carbons (Fsp3) is 0.190. The van der Waals surface area contributed by atoms with Gasteiger partial charge in [-0.3, -0.25) is 0 Å². The molecule has 1 radical (unpaired) electrons. The van der Waals surface area contributed by atoms with Gasteiger partial charge in [-0.15, -0.1) is 0 Å². The topological polar surface area (TPSA) is 0 Å². The summed E-state index contributed by atoms with van der Waals surface area (Å²) in [5.74, 6) is 0. The monoisotopic (exact) mass is 303 g/mol. The summed E-state index contributed by atoms with van der Waals surface area (Å²) >= 11 is 0. The fourth-order valence-electron chi connectivity index (χ4n) is 3.29. The molecule has 0 unspecified atom stereocenters. The highest BCUT2D eigenvalue weighted by Gasteiger charge is 2.39. The molecule has 1 heteroatoms. The van der Waals surface area contributed by atoms with Gasteiger partial charge in [0.2, 0.25) is 0 Å². The van der Waals surface area contributed by atoms with Crippen LogP contribution in [-0.2, 0) is 0 Å². The zero-order valence-corrected chi connectivity index (χ0v) is 14.4. The van der Waals surface area contributed by atoms with Gasteiger partial charge in [-0.05, 0) is 6.42 Å². The Labute approximate surface area is 135 Å². The highest BCUT2D eigenvalue weighted by molar-refractivity contribution is 7.06. The summed E-state index contributed by atoms with van der Waals surface area (Å²) in [4.78, 5) is 0. The van der Waals surface area contributed by atoms with Crippen LogP contribution in [0.2, 0.25) is 6.55 Å². The molecule has 0 heterocycles. The molecule has 0 aromatic heterocycles. The van der Waals surface area contributed by atoms with Gasteiger partial charge in [0, 0.05) is 5.54 Å². The van der Waals surface area contributed by atoms with Crippen molar-refractivity contribution in [2.45, 2.75) is 26.3 Å². The number of hydrogen-bond acceptors (Lipinski definition) is 0. The Bertz CT molecular complexity index is 628. The van der Waals surface area contributed by atoms with Crippen LogP contribution < -0.4 is 10.4 Å². The fourth-order valence-corrected chi connectivity index (χ4v) is 6.90. The standard InChI is InChI=1S/C21H23Si/c1-3-10-18-15-16-21(17-18)22(2,19-11-6-4-7-12-19)20-13-8-5-9-14-20/h4-9,11-17H,3,10H2,1-2H3. The van der Waals surface area contributed by atoms with Gasteiger partial charge in [0.1, 0.15) is 8.07 Å². The van der Waals surface area contributed by atoms with E-state index in [0.717, 1.165) is 0 Å². The van der Waals surface area contributed by atoms with Crippen molar-refractivity contribution in [3.8, 4) is 0 Å². The largest absolute Gasteiger partial charge is 0.129 e. The molecule has 1 aliphatic rings. The maximum absolute atomic E-state index is 2.47. The minimum absolute atomic E-state index is 1.17. The summed E-state index contributed by atoms with van der Waals surface area (Å²) < 4.78 is 0. The summed E-state index contributed by atoms with van der Waals surface area (Å²) in [6.07, 6.45) is 9.50. The quantitative estimate of drug-likeness (QED) is 0.723. The minimum Gasteiger partial charge on any atom is -0.0754 e. The van der Waals surface area contributed by atoms with Crippen LogP contribution in [0.3, 0.4) is 0 Å².